The predicted octanol–water partition coefficient (Wildman–Crippen LogP) is 7.10. The van der Waals surface area contributed by atoms with Crippen LogP contribution in [0.2, 0.25) is 0 Å². The van der Waals surface area contributed by atoms with E-state index in [-0.39, 0.29) is 5.91 Å². The molecule has 188 valence electrons. The van der Waals surface area contributed by atoms with Gasteiger partial charge in [0, 0.05) is 10.9 Å². The second-order valence-electron chi connectivity index (χ2n) is 8.25. The van der Waals surface area contributed by atoms with E-state index < -0.39 is 0 Å². The number of hydrogen-bond donors (Lipinski definition) is 1. The molecule has 0 saturated carbocycles. The van der Waals surface area contributed by atoms with Crippen molar-refractivity contribution in [3.05, 3.63) is 78.4 Å². The van der Waals surface area contributed by atoms with Gasteiger partial charge >= 0.3 is 0 Å². The third kappa shape index (κ3) is 4.80. The Morgan fingerprint density at radius 3 is 2.24 bits per heavy atom. The van der Waals surface area contributed by atoms with Crippen LogP contribution < -0.4 is 19.5 Å². The van der Waals surface area contributed by atoms with Crippen LogP contribution in [0, 0.1) is 0 Å². The maximum Gasteiger partial charge on any atom is 0.255 e. The van der Waals surface area contributed by atoms with Gasteiger partial charge in [0.2, 0.25) is 11.6 Å². The average molecular weight is 497 g/mol. The number of hydrogen-bond acceptors (Lipinski definition) is 6. The standard InChI is InChI=1S/C30H28N2O5/c1-4-34-25-17-20(18-26(35-5-2)28(25)36-6-3)29(33)31-23-14-10-9-13-22(23)30-32-27-21-12-8-7-11-19(21)15-16-24(27)37-30/h7-18H,4-6H2,1-3H3,(H,31,33). The van der Waals surface area contributed by atoms with Crippen LogP contribution in [0.5, 0.6) is 17.2 Å². The van der Waals surface area contributed by atoms with Gasteiger partial charge in [0.15, 0.2) is 17.1 Å². The number of carbonyl (C=O) groups excluding carboxylic acids is 1. The summed E-state index contributed by atoms with van der Waals surface area (Å²) in [5.41, 5.74) is 3.10. The van der Waals surface area contributed by atoms with E-state index in [2.05, 4.69) is 5.32 Å². The van der Waals surface area contributed by atoms with Crippen molar-refractivity contribution in [2.75, 3.05) is 25.1 Å². The van der Waals surface area contributed by atoms with Crippen LogP contribution >= 0.6 is 0 Å². The van der Waals surface area contributed by atoms with E-state index in [1.807, 2.05) is 81.4 Å². The average Bonchev–Trinajstić information content (AvgIpc) is 3.36. The molecule has 0 bridgehead atoms. The Morgan fingerprint density at radius 1 is 0.838 bits per heavy atom. The van der Waals surface area contributed by atoms with E-state index >= 15 is 0 Å². The largest absolute Gasteiger partial charge is 0.490 e. The zero-order valence-electron chi connectivity index (χ0n) is 21.0. The van der Waals surface area contributed by atoms with Gasteiger partial charge in [-0.25, -0.2) is 4.98 Å². The van der Waals surface area contributed by atoms with Gasteiger partial charge in [0.05, 0.1) is 31.1 Å². The van der Waals surface area contributed by atoms with Crippen molar-refractivity contribution in [2.24, 2.45) is 0 Å². The summed E-state index contributed by atoms with van der Waals surface area (Å²) in [5, 5.41) is 5.10. The normalized spacial score (nSPS) is 11.0. The molecule has 0 unspecified atom stereocenters. The first-order valence-corrected chi connectivity index (χ1v) is 12.4. The number of oxazole rings is 1. The highest BCUT2D eigenvalue weighted by Crippen LogP contribution is 2.40. The van der Waals surface area contributed by atoms with Crippen molar-refractivity contribution in [3.63, 3.8) is 0 Å². The number of ether oxygens (including phenoxy) is 3. The Kier molecular flexibility index (Phi) is 6.94. The number of anilines is 1. The lowest BCUT2D eigenvalue weighted by Crippen LogP contribution is -2.14. The molecule has 1 amide bonds. The molecule has 0 aliphatic carbocycles. The van der Waals surface area contributed by atoms with Crippen LogP contribution in [-0.4, -0.2) is 30.7 Å². The predicted molar refractivity (Wildman–Crippen MR) is 145 cm³/mol. The number of carbonyl (C=O) groups is 1. The van der Waals surface area contributed by atoms with Crippen molar-refractivity contribution in [3.8, 4) is 28.7 Å². The first-order chi connectivity index (χ1) is 18.1. The minimum absolute atomic E-state index is 0.320. The Labute approximate surface area is 215 Å². The Balaban J connectivity index is 1.52. The molecule has 0 aliphatic heterocycles. The minimum Gasteiger partial charge on any atom is -0.490 e. The van der Waals surface area contributed by atoms with Gasteiger partial charge in [0.25, 0.3) is 5.91 Å². The molecule has 0 aliphatic rings. The molecule has 0 spiro atoms. The molecule has 1 heterocycles. The van der Waals surface area contributed by atoms with Gasteiger partial charge in [-0.15, -0.1) is 0 Å². The van der Waals surface area contributed by atoms with E-state index in [1.165, 1.54) is 0 Å². The van der Waals surface area contributed by atoms with Crippen molar-refractivity contribution in [1.82, 2.24) is 4.98 Å². The summed E-state index contributed by atoms with van der Waals surface area (Å²) in [5.74, 6) is 1.51. The Morgan fingerprint density at radius 2 is 1.51 bits per heavy atom. The van der Waals surface area contributed by atoms with E-state index in [1.54, 1.807) is 12.1 Å². The topological polar surface area (TPSA) is 82.8 Å². The quantitative estimate of drug-likeness (QED) is 0.234. The highest BCUT2D eigenvalue weighted by Gasteiger charge is 2.20. The fraction of sp³-hybridized carbons (Fsp3) is 0.200. The van der Waals surface area contributed by atoms with Crippen molar-refractivity contribution in [2.45, 2.75) is 20.8 Å². The van der Waals surface area contributed by atoms with Crippen LogP contribution in [0.15, 0.2) is 77.2 Å². The maximum atomic E-state index is 13.4. The number of para-hydroxylation sites is 1. The fourth-order valence-corrected chi connectivity index (χ4v) is 4.27. The van der Waals surface area contributed by atoms with Crippen LogP contribution in [-0.2, 0) is 0 Å². The molecule has 1 N–H and O–H groups in total. The number of benzene rings is 4. The van der Waals surface area contributed by atoms with Gasteiger partial charge in [-0.3, -0.25) is 4.79 Å². The Hall–Kier alpha value is -4.52. The molecule has 0 saturated heterocycles. The van der Waals surface area contributed by atoms with Crippen LogP contribution in [0.25, 0.3) is 33.3 Å². The summed E-state index contributed by atoms with van der Waals surface area (Å²) < 4.78 is 23.4. The molecule has 0 fully saturated rings. The fourth-order valence-electron chi connectivity index (χ4n) is 4.27. The van der Waals surface area contributed by atoms with E-state index in [4.69, 9.17) is 23.6 Å². The summed E-state index contributed by atoms with van der Waals surface area (Å²) in [6.45, 7) is 6.93. The molecule has 4 aromatic carbocycles. The number of aromatic nitrogens is 1. The molecular weight excluding hydrogens is 468 g/mol. The molecule has 7 heteroatoms. The number of amides is 1. The van der Waals surface area contributed by atoms with E-state index in [0.29, 0.717) is 65.4 Å². The second kappa shape index (κ2) is 10.6. The van der Waals surface area contributed by atoms with Crippen LogP contribution in [0.3, 0.4) is 0 Å². The van der Waals surface area contributed by atoms with Crippen molar-refractivity contribution in [1.29, 1.82) is 0 Å². The van der Waals surface area contributed by atoms with Crippen LogP contribution in [0.1, 0.15) is 31.1 Å². The number of nitrogens with zero attached hydrogens (tertiary/aromatic N) is 1. The van der Waals surface area contributed by atoms with Gasteiger partial charge in [-0.1, -0.05) is 42.5 Å². The van der Waals surface area contributed by atoms with E-state index in [9.17, 15) is 4.79 Å². The molecule has 5 rings (SSSR count). The zero-order chi connectivity index (χ0) is 25.8. The Bertz CT molecular complexity index is 1550. The highest BCUT2D eigenvalue weighted by molar-refractivity contribution is 6.07. The van der Waals surface area contributed by atoms with Crippen LogP contribution in [0.4, 0.5) is 5.69 Å². The summed E-state index contributed by atoms with van der Waals surface area (Å²) in [4.78, 5) is 18.2. The minimum atomic E-state index is -0.320. The summed E-state index contributed by atoms with van der Waals surface area (Å²) in [6.07, 6.45) is 0. The van der Waals surface area contributed by atoms with Gasteiger partial charge < -0.3 is 23.9 Å². The number of fused-ring (bicyclic) bond motifs is 3. The summed E-state index contributed by atoms with van der Waals surface area (Å²) >= 11 is 0. The van der Waals surface area contributed by atoms with Crippen molar-refractivity contribution < 1.29 is 23.4 Å². The zero-order valence-corrected chi connectivity index (χ0v) is 21.0. The van der Waals surface area contributed by atoms with Gasteiger partial charge in [0.1, 0.15) is 5.52 Å². The first-order valence-electron chi connectivity index (χ1n) is 12.4. The third-order valence-electron chi connectivity index (χ3n) is 5.86. The molecule has 5 aromatic rings. The molecular formula is C30H28N2O5. The first kappa shape index (κ1) is 24.2. The molecule has 1 aromatic heterocycles. The van der Waals surface area contributed by atoms with Gasteiger partial charge in [-0.2, -0.15) is 0 Å². The molecule has 0 atom stereocenters. The number of nitrogens with one attached hydrogen (secondary N) is 1. The lowest BCUT2D eigenvalue weighted by Gasteiger charge is -2.17. The number of rotatable bonds is 9. The van der Waals surface area contributed by atoms with Gasteiger partial charge in [-0.05, 0) is 56.5 Å². The van der Waals surface area contributed by atoms with E-state index in [0.717, 1.165) is 16.3 Å². The third-order valence-corrected chi connectivity index (χ3v) is 5.86. The molecule has 0 radical (unpaired) electrons. The smallest absolute Gasteiger partial charge is 0.255 e. The SMILES string of the molecule is CCOc1cc(C(=O)Nc2ccccc2-c2nc3c(ccc4ccccc43)o2)cc(OCC)c1OCC. The lowest BCUT2D eigenvalue weighted by molar-refractivity contribution is 0.102. The highest BCUT2D eigenvalue weighted by atomic mass is 16.5. The summed E-state index contributed by atoms with van der Waals surface area (Å²) in [7, 11) is 0. The molecule has 37 heavy (non-hydrogen) atoms. The van der Waals surface area contributed by atoms with Crippen molar-refractivity contribution >= 4 is 33.5 Å². The molecule has 7 nitrogen and oxygen atoms in total. The second-order valence-corrected chi connectivity index (χ2v) is 8.25. The summed E-state index contributed by atoms with van der Waals surface area (Å²) in [6, 6.07) is 22.7. The monoisotopic (exact) mass is 496 g/mol. The lowest BCUT2D eigenvalue weighted by atomic mass is 10.1. The maximum absolute atomic E-state index is 13.4.